The molecule has 0 heterocycles. The van der Waals surface area contributed by atoms with Crippen LogP contribution in [0, 0.1) is 0 Å². The average Bonchev–Trinajstić information content (AvgIpc) is 2.55. The van der Waals surface area contributed by atoms with Crippen molar-refractivity contribution in [1.29, 1.82) is 0 Å². The van der Waals surface area contributed by atoms with Crippen molar-refractivity contribution in [2.24, 2.45) is 0 Å². The lowest BCUT2D eigenvalue weighted by molar-refractivity contribution is 0.0931. The van der Waals surface area contributed by atoms with Gasteiger partial charge in [0, 0.05) is 12.1 Å². The van der Waals surface area contributed by atoms with Gasteiger partial charge in [-0.2, -0.15) is 0 Å². The largest absolute Gasteiger partial charge is 0.508 e. The number of amides is 1. The zero-order valence-corrected chi connectivity index (χ0v) is 11.4. The first-order valence-corrected chi connectivity index (χ1v) is 6.98. The van der Waals surface area contributed by atoms with Crippen molar-refractivity contribution in [2.45, 2.75) is 43.5 Å². The molecule has 0 bridgehead atoms. The molecule has 1 aromatic carbocycles. The first-order valence-electron chi connectivity index (χ1n) is 6.55. The third-order valence-corrected chi connectivity index (χ3v) is 4.00. The molecule has 2 unspecified atom stereocenters. The molecule has 0 radical (unpaired) electrons. The van der Waals surface area contributed by atoms with E-state index in [0.29, 0.717) is 0 Å². The highest BCUT2D eigenvalue weighted by molar-refractivity contribution is 6.21. The van der Waals surface area contributed by atoms with Crippen molar-refractivity contribution in [1.82, 2.24) is 5.32 Å². The second kappa shape index (κ2) is 6.15. The normalized spacial score (nSPS) is 23.6. The Morgan fingerprint density at radius 2 is 1.95 bits per heavy atom. The minimum atomic E-state index is -0.352. The lowest BCUT2D eigenvalue weighted by Crippen LogP contribution is -2.40. The summed E-state index contributed by atoms with van der Waals surface area (Å²) in [5, 5.41) is 21.7. The van der Waals surface area contributed by atoms with E-state index in [1.807, 2.05) is 0 Å². The topological polar surface area (TPSA) is 69.6 Å². The third kappa shape index (κ3) is 3.53. The van der Waals surface area contributed by atoms with Gasteiger partial charge in [-0.3, -0.25) is 4.79 Å². The Morgan fingerprint density at radius 1 is 1.21 bits per heavy atom. The smallest absolute Gasteiger partial charge is 0.255 e. The summed E-state index contributed by atoms with van der Waals surface area (Å²) in [5.74, 6) is -0.647. The van der Waals surface area contributed by atoms with Gasteiger partial charge in [-0.1, -0.05) is 19.3 Å². The molecule has 1 aliphatic rings. The van der Waals surface area contributed by atoms with Crippen LogP contribution in [-0.4, -0.2) is 27.5 Å². The van der Waals surface area contributed by atoms with Crippen LogP contribution in [0.15, 0.2) is 18.2 Å². The van der Waals surface area contributed by atoms with Crippen molar-refractivity contribution in [3.63, 3.8) is 0 Å². The predicted molar refractivity (Wildman–Crippen MR) is 73.8 cm³/mol. The molecule has 1 fully saturated rings. The van der Waals surface area contributed by atoms with Crippen LogP contribution >= 0.6 is 11.6 Å². The minimum absolute atomic E-state index is 0.0642. The molecule has 2 rings (SSSR count). The van der Waals surface area contributed by atoms with Gasteiger partial charge in [0.25, 0.3) is 5.91 Å². The highest BCUT2D eigenvalue weighted by Crippen LogP contribution is 2.25. The predicted octanol–water partition coefficient (Wildman–Crippen LogP) is 2.77. The Bertz CT molecular complexity index is 464. The van der Waals surface area contributed by atoms with E-state index in [1.54, 1.807) is 0 Å². The number of phenols is 2. The molecule has 0 aromatic heterocycles. The molecule has 0 aliphatic heterocycles. The van der Waals surface area contributed by atoms with E-state index in [2.05, 4.69) is 5.32 Å². The van der Waals surface area contributed by atoms with Crippen LogP contribution in [-0.2, 0) is 0 Å². The van der Waals surface area contributed by atoms with Crippen LogP contribution in [0.2, 0.25) is 0 Å². The molecular formula is C14H18ClNO3. The van der Waals surface area contributed by atoms with Crippen LogP contribution in [0.25, 0.3) is 0 Å². The number of hydrogen-bond acceptors (Lipinski definition) is 3. The summed E-state index contributed by atoms with van der Waals surface area (Å²) in [5.41, 5.74) is 0.158. The fourth-order valence-electron chi connectivity index (χ4n) is 2.38. The Kier molecular flexibility index (Phi) is 4.53. The van der Waals surface area contributed by atoms with Gasteiger partial charge in [0.1, 0.15) is 11.5 Å². The second-order valence-corrected chi connectivity index (χ2v) is 5.50. The minimum Gasteiger partial charge on any atom is -0.508 e. The molecule has 1 aliphatic carbocycles. The first kappa shape index (κ1) is 14.0. The van der Waals surface area contributed by atoms with E-state index in [-0.39, 0.29) is 34.4 Å². The first-order chi connectivity index (χ1) is 9.08. The van der Waals surface area contributed by atoms with Crippen molar-refractivity contribution in [2.75, 3.05) is 0 Å². The number of nitrogens with one attached hydrogen (secondary N) is 1. The van der Waals surface area contributed by atoms with Crippen molar-refractivity contribution in [3.05, 3.63) is 23.8 Å². The fourth-order valence-corrected chi connectivity index (χ4v) is 2.73. The van der Waals surface area contributed by atoms with E-state index in [9.17, 15) is 15.0 Å². The Morgan fingerprint density at radius 3 is 2.68 bits per heavy atom. The maximum atomic E-state index is 12.1. The zero-order chi connectivity index (χ0) is 13.8. The van der Waals surface area contributed by atoms with Gasteiger partial charge in [0.2, 0.25) is 0 Å². The molecular weight excluding hydrogens is 266 g/mol. The van der Waals surface area contributed by atoms with Gasteiger partial charge in [0.15, 0.2) is 0 Å². The number of aromatic hydroxyl groups is 2. The Labute approximate surface area is 117 Å². The van der Waals surface area contributed by atoms with Gasteiger partial charge < -0.3 is 15.5 Å². The Balaban J connectivity index is 2.07. The molecule has 1 aromatic rings. The molecule has 19 heavy (non-hydrogen) atoms. The van der Waals surface area contributed by atoms with Crippen LogP contribution in [0.3, 0.4) is 0 Å². The highest BCUT2D eigenvalue weighted by Gasteiger charge is 2.24. The Hall–Kier alpha value is -1.42. The van der Waals surface area contributed by atoms with E-state index < -0.39 is 0 Å². The number of carbonyl (C=O) groups is 1. The standard InChI is InChI=1S/C14H18ClNO3/c15-11-4-2-1-3-5-12(11)16-14(19)10-7-6-9(17)8-13(10)18/h6-8,11-12,17-18H,1-5H2,(H,16,19). The van der Waals surface area contributed by atoms with Crippen molar-refractivity contribution >= 4 is 17.5 Å². The summed E-state index contributed by atoms with van der Waals surface area (Å²) in [6, 6.07) is 3.87. The summed E-state index contributed by atoms with van der Waals surface area (Å²) in [6.07, 6.45) is 5.04. The van der Waals surface area contributed by atoms with Crippen molar-refractivity contribution in [3.8, 4) is 11.5 Å². The lowest BCUT2D eigenvalue weighted by atomic mass is 10.1. The molecule has 3 N–H and O–H groups in total. The highest BCUT2D eigenvalue weighted by atomic mass is 35.5. The van der Waals surface area contributed by atoms with Gasteiger partial charge in [0.05, 0.1) is 10.9 Å². The number of hydrogen-bond donors (Lipinski definition) is 3. The van der Waals surface area contributed by atoms with E-state index in [1.165, 1.54) is 12.1 Å². The molecule has 104 valence electrons. The quantitative estimate of drug-likeness (QED) is 0.577. The van der Waals surface area contributed by atoms with Gasteiger partial charge in [-0.25, -0.2) is 0 Å². The average molecular weight is 284 g/mol. The molecule has 5 heteroatoms. The van der Waals surface area contributed by atoms with Gasteiger partial charge in [-0.15, -0.1) is 11.6 Å². The maximum Gasteiger partial charge on any atom is 0.255 e. The number of halogens is 1. The number of alkyl halides is 1. The number of benzene rings is 1. The SMILES string of the molecule is O=C(NC1CCCCCC1Cl)c1ccc(O)cc1O. The summed E-state index contributed by atoms with van der Waals surface area (Å²) in [7, 11) is 0. The fraction of sp³-hybridized carbons (Fsp3) is 0.500. The van der Waals surface area contributed by atoms with E-state index in [0.717, 1.165) is 38.2 Å². The van der Waals surface area contributed by atoms with Crippen molar-refractivity contribution < 1.29 is 15.0 Å². The van der Waals surface area contributed by atoms with Crippen LogP contribution in [0.4, 0.5) is 0 Å². The van der Waals surface area contributed by atoms with E-state index in [4.69, 9.17) is 11.6 Å². The molecule has 2 atom stereocenters. The number of rotatable bonds is 2. The molecule has 0 saturated heterocycles. The lowest BCUT2D eigenvalue weighted by Gasteiger charge is -2.21. The van der Waals surface area contributed by atoms with E-state index >= 15 is 0 Å². The second-order valence-electron chi connectivity index (χ2n) is 4.94. The summed E-state index contributed by atoms with van der Waals surface area (Å²) in [6.45, 7) is 0. The van der Waals surface area contributed by atoms with Crippen LogP contribution in [0.1, 0.15) is 42.5 Å². The summed E-state index contributed by atoms with van der Waals surface area (Å²) >= 11 is 6.27. The van der Waals surface area contributed by atoms with Gasteiger partial charge in [-0.05, 0) is 25.0 Å². The number of phenolic OH excluding ortho intramolecular Hbond substituents is 2. The molecule has 0 spiro atoms. The molecule has 1 amide bonds. The summed E-state index contributed by atoms with van der Waals surface area (Å²) in [4.78, 5) is 12.1. The maximum absolute atomic E-state index is 12.1. The molecule has 1 saturated carbocycles. The van der Waals surface area contributed by atoms with Crippen LogP contribution < -0.4 is 5.32 Å². The monoisotopic (exact) mass is 283 g/mol. The van der Waals surface area contributed by atoms with Crippen LogP contribution in [0.5, 0.6) is 11.5 Å². The summed E-state index contributed by atoms with van der Waals surface area (Å²) < 4.78 is 0. The third-order valence-electron chi connectivity index (χ3n) is 3.47. The van der Waals surface area contributed by atoms with Gasteiger partial charge >= 0.3 is 0 Å². The number of carbonyl (C=O) groups excluding carboxylic acids is 1. The zero-order valence-electron chi connectivity index (χ0n) is 10.6. The molecule has 4 nitrogen and oxygen atoms in total.